The molecular weight excluding hydrogens is 216 g/mol. The van der Waals surface area contributed by atoms with E-state index < -0.39 is 0 Å². The fourth-order valence-electron chi connectivity index (χ4n) is 2.32. The second-order valence-electron chi connectivity index (χ2n) is 5.01. The van der Waals surface area contributed by atoms with Gasteiger partial charge in [-0.3, -0.25) is 4.79 Å². The van der Waals surface area contributed by atoms with Gasteiger partial charge in [0, 0.05) is 19.7 Å². The van der Waals surface area contributed by atoms with Gasteiger partial charge in [0.25, 0.3) is 0 Å². The standard InChI is InChI=1S/C13H26N2O2/c1-3-14-12-7-5-9-15(13(12)17)8-4-6-11(2)10-16/h11-12,14,16H,3-10H2,1-2H3. The van der Waals surface area contributed by atoms with E-state index in [4.69, 9.17) is 5.11 Å². The Kier molecular flexibility index (Phi) is 6.52. The first-order chi connectivity index (χ1) is 8.19. The first-order valence-electron chi connectivity index (χ1n) is 6.82. The highest BCUT2D eigenvalue weighted by Crippen LogP contribution is 2.13. The van der Waals surface area contributed by atoms with E-state index in [9.17, 15) is 4.79 Å². The van der Waals surface area contributed by atoms with E-state index in [0.29, 0.717) is 5.92 Å². The summed E-state index contributed by atoms with van der Waals surface area (Å²) in [5.74, 6) is 0.606. The fourth-order valence-corrected chi connectivity index (χ4v) is 2.32. The number of aliphatic hydroxyl groups is 1. The number of aliphatic hydroxyl groups excluding tert-OH is 1. The van der Waals surface area contributed by atoms with Gasteiger partial charge in [-0.25, -0.2) is 0 Å². The Morgan fingerprint density at radius 1 is 1.59 bits per heavy atom. The third-order valence-electron chi connectivity index (χ3n) is 3.42. The first-order valence-corrected chi connectivity index (χ1v) is 6.82. The maximum Gasteiger partial charge on any atom is 0.239 e. The van der Waals surface area contributed by atoms with Crippen molar-refractivity contribution < 1.29 is 9.90 Å². The molecule has 0 aromatic heterocycles. The Bertz CT molecular complexity index is 231. The molecule has 100 valence electrons. The van der Waals surface area contributed by atoms with Gasteiger partial charge in [0.1, 0.15) is 0 Å². The molecule has 4 nitrogen and oxygen atoms in total. The predicted octanol–water partition coefficient (Wildman–Crippen LogP) is 0.995. The van der Waals surface area contributed by atoms with Gasteiger partial charge in [-0.1, -0.05) is 13.8 Å². The topological polar surface area (TPSA) is 52.6 Å². The lowest BCUT2D eigenvalue weighted by molar-refractivity contribution is -0.136. The van der Waals surface area contributed by atoms with Crippen molar-refractivity contribution in [3.63, 3.8) is 0 Å². The molecule has 1 heterocycles. The number of piperidine rings is 1. The molecule has 0 saturated carbocycles. The summed E-state index contributed by atoms with van der Waals surface area (Å²) >= 11 is 0. The van der Waals surface area contributed by atoms with Crippen LogP contribution in [0.3, 0.4) is 0 Å². The number of carbonyl (C=O) groups is 1. The van der Waals surface area contributed by atoms with Crippen LogP contribution in [0.2, 0.25) is 0 Å². The third-order valence-corrected chi connectivity index (χ3v) is 3.42. The van der Waals surface area contributed by atoms with Crippen molar-refractivity contribution in [3.8, 4) is 0 Å². The van der Waals surface area contributed by atoms with Crippen molar-refractivity contribution in [1.82, 2.24) is 10.2 Å². The molecule has 1 fully saturated rings. The summed E-state index contributed by atoms with van der Waals surface area (Å²) in [5, 5.41) is 12.2. The second-order valence-corrected chi connectivity index (χ2v) is 5.01. The van der Waals surface area contributed by atoms with Gasteiger partial charge in [-0.05, 0) is 38.1 Å². The van der Waals surface area contributed by atoms with Crippen LogP contribution in [0.25, 0.3) is 0 Å². The molecule has 1 saturated heterocycles. The molecule has 0 radical (unpaired) electrons. The Labute approximate surface area is 104 Å². The number of hydrogen-bond acceptors (Lipinski definition) is 3. The van der Waals surface area contributed by atoms with Crippen molar-refractivity contribution >= 4 is 5.91 Å². The normalized spacial score (nSPS) is 22.9. The van der Waals surface area contributed by atoms with Crippen LogP contribution in [0.15, 0.2) is 0 Å². The lowest BCUT2D eigenvalue weighted by atomic mass is 10.0. The number of carbonyl (C=O) groups excluding carboxylic acids is 1. The average Bonchev–Trinajstić information content (AvgIpc) is 2.33. The SMILES string of the molecule is CCNC1CCCN(CCCC(C)CO)C1=O. The van der Waals surface area contributed by atoms with Gasteiger partial charge in [0.2, 0.25) is 5.91 Å². The largest absolute Gasteiger partial charge is 0.396 e. The van der Waals surface area contributed by atoms with Crippen LogP contribution in [-0.4, -0.2) is 48.2 Å². The molecule has 4 heteroatoms. The molecule has 2 atom stereocenters. The first kappa shape index (κ1) is 14.5. The van der Waals surface area contributed by atoms with Gasteiger partial charge >= 0.3 is 0 Å². The van der Waals surface area contributed by atoms with Gasteiger partial charge in [0.05, 0.1) is 6.04 Å². The quantitative estimate of drug-likeness (QED) is 0.700. The maximum absolute atomic E-state index is 12.1. The van der Waals surface area contributed by atoms with E-state index in [-0.39, 0.29) is 18.6 Å². The molecular formula is C13H26N2O2. The van der Waals surface area contributed by atoms with E-state index in [1.165, 1.54) is 0 Å². The van der Waals surface area contributed by atoms with E-state index in [1.807, 2.05) is 18.7 Å². The lowest BCUT2D eigenvalue weighted by Crippen LogP contribution is -2.50. The van der Waals surface area contributed by atoms with Crippen molar-refractivity contribution in [2.45, 2.75) is 45.6 Å². The van der Waals surface area contributed by atoms with Crippen LogP contribution >= 0.6 is 0 Å². The van der Waals surface area contributed by atoms with Crippen molar-refractivity contribution in [2.24, 2.45) is 5.92 Å². The highest BCUT2D eigenvalue weighted by atomic mass is 16.3. The highest BCUT2D eigenvalue weighted by molar-refractivity contribution is 5.82. The zero-order valence-corrected chi connectivity index (χ0v) is 11.1. The third kappa shape index (κ3) is 4.64. The van der Waals surface area contributed by atoms with Crippen molar-refractivity contribution in [3.05, 3.63) is 0 Å². The van der Waals surface area contributed by atoms with Crippen LogP contribution in [0.4, 0.5) is 0 Å². The molecule has 0 bridgehead atoms. The summed E-state index contributed by atoms with van der Waals surface area (Å²) in [6.07, 6.45) is 4.05. The summed E-state index contributed by atoms with van der Waals surface area (Å²) in [6.45, 7) is 6.91. The van der Waals surface area contributed by atoms with Crippen LogP contribution < -0.4 is 5.32 Å². The van der Waals surface area contributed by atoms with Gasteiger partial charge in [0.15, 0.2) is 0 Å². The maximum atomic E-state index is 12.1. The van der Waals surface area contributed by atoms with Gasteiger partial charge < -0.3 is 15.3 Å². The summed E-state index contributed by atoms with van der Waals surface area (Å²) < 4.78 is 0. The number of nitrogens with zero attached hydrogens (tertiary/aromatic N) is 1. The Morgan fingerprint density at radius 3 is 3.00 bits per heavy atom. The number of hydrogen-bond donors (Lipinski definition) is 2. The number of amides is 1. The van der Waals surface area contributed by atoms with E-state index in [2.05, 4.69) is 5.32 Å². The highest BCUT2D eigenvalue weighted by Gasteiger charge is 2.27. The number of nitrogens with one attached hydrogen (secondary N) is 1. The van der Waals surface area contributed by atoms with Crippen LogP contribution in [0, 0.1) is 5.92 Å². The number of likely N-dealkylation sites (tertiary alicyclic amines) is 1. The molecule has 0 spiro atoms. The molecule has 17 heavy (non-hydrogen) atoms. The molecule has 2 unspecified atom stereocenters. The van der Waals surface area contributed by atoms with Crippen LogP contribution in [-0.2, 0) is 4.79 Å². The molecule has 0 aromatic rings. The van der Waals surface area contributed by atoms with E-state index in [1.54, 1.807) is 0 Å². The van der Waals surface area contributed by atoms with Gasteiger partial charge in [-0.15, -0.1) is 0 Å². The summed E-state index contributed by atoms with van der Waals surface area (Å²) in [5.41, 5.74) is 0. The molecule has 1 aliphatic heterocycles. The molecule has 2 N–H and O–H groups in total. The smallest absolute Gasteiger partial charge is 0.239 e. The number of rotatable bonds is 7. The molecule has 0 aliphatic carbocycles. The predicted molar refractivity (Wildman–Crippen MR) is 68.8 cm³/mol. The van der Waals surface area contributed by atoms with Gasteiger partial charge in [-0.2, -0.15) is 0 Å². The lowest BCUT2D eigenvalue weighted by Gasteiger charge is -2.32. The Hall–Kier alpha value is -0.610. The monoisotopic (exact) mass is 242 g/mol. The zero-order valence-electron chi connectivity index (χ0n) is 11.1. The zero-order chi connectivity index (χ0) is 12.7. The minimum absolute atomic E-state index is 0.0315. The van der Waals surface area contributed by atoms with E-state index in [0.717, 1.165) is 45.3 Å². The van der Waals surface area contributed by atoms with Crippen molar-refractivity contribution in [1.29, 1.82) is 0 Å². The number of likely N-dealkylation sites (N-methyl/N-ethyl adjacent to an activating group) is 1. The average molecular weight is 242 g/mol. The minimum Gasteiger partial charge on any atom is -0.396 e. The molecule has 1 rings (SSSR count). The summed E-state index contributed by atoms with van der Waals surface area (Å²) in [7, 11) is 0. The second kappa shape index (κ2) is 7.67. The van der Waals surface area contributed by atoms with Crippen molar-refractivity contribution in [2.75, 3.05) is 26.2 Å². The van der Waals surface area contributed by atoms with Crippen LogP contribution in [0.5, 0.6) is 0 Å². The minimum atomic E-state index is 0.0315. The summed E-state index contributed by atoms with van der Waals surface area (Å²) in [6, 6.07) is 0.0315. The molecule has 0 aromatic carbocycles. The van der Waals surface area contributed by atoms with E-state index >= 15 is 0 Å². The Morgan fingerprint density at radius 2 is 2.35 bits per heavy atom. The molecule has 1 aliphatic rings. The molecule has 1 amide bonds. The Balaban J connectivity index is 2.29. The fraction of sp³-hybridized carbons (Fsp3) is 0.923. The van der Waals surface area contributed by atoms with Crippen LogP contribution in [0.1, 0.15) is 39.5 Å². The summed E-state index contributed by atoms with van der Waals surface area (Å²) in [4.78, 5) is 14.0.